The van der Waals surface area contributed by atoms with Crippen molar-refractivity contribution in [2.75, 3.05) is 78.2 Å². The molecule has 0 spiro atoms. The first-order valence-electron chi connectivity index (χ1n) is 12.0. The van der Waals surface area contributed by atoms with Crippen LogP contribution in [0.25, 0.3) is 0 Å². The number of ether oxygens (including phenoxy) is 4. The minimum Gasteiger partial charge on any atom is -0.490 e. The molecule has 2 heterocycles. The van der Waals surface area contributed by atoms with Gasteiger partial charge in [0.15, 0.2) is 17.5 Å². The molecule has 32 heavy (non-hydrogen) atoms. The van der Waals surface area contributed by atoms with Crippen LogP contribution in [0.4, 0.5) is 5.69 Å². The van der Waals surface area contributed by atoms with E-state index in [1.165, 1.54) is 25.9 Å². The Labute approximate surface area is 192 Å². The number of piperidine rings is 1. The summed E-state index contributed by atoms with van der Waals surface area (Å²) < 4.78 is 22.1. The van der Waals surface area contributed by atoms with Crippen molar-refractivity contribution >= 4 is 11.6 Å². The molecule has 0 saturated carbocycles. The van der Waals surface area contributed by atoms with Gasteiger partial charge < -0.3 is 34.5 Å². The second kappa shape index (κ2) is 14.2. The molecule has 8 nitrogen and oxygen atoms in total. The van der Waals surface area contributed by atoms with Crippen molar-refractivity contribution in [1.29, 1.82) is 0 Å². The fraction of sp³-hybridized carbons (Fsp3) is 0.708. The zero-order chi connectivity index (χ0) is 22.4. The molecular formula is C24H40N4O4. The van der Waals surface area contributed by atoms with Crippen LogP contribution in [0, 0.1) is 5.92 Å². The van der Waals surface area contributed by atoms with Gasteiger partial charge in [0.05, 0.1) is 33.0 Å². The first kappa shape index (κ1) is 24.6. The minimum absolute atomic E-state index is 0.592. The topological polar surface area (TPSA) is 76.6 Å². The lowest BCUT2D eigenvalue weighted by Crippen LogP contribution is -2.35. The quantitative estimate of drug-likeness (QED) is 0.306. The average Bonchev–Trinajstić information content (AvgIpc) is 3.05. The average molecular weight is 449 g/mol. The van der Waals surface area contributed by atoms with Crippen LogP contribution in [0.3, 0.4) is 0 Å². The maximum absolute atomic E-state index is 5.82. The first-order chi connectivity index (χ1) is 15.7. The summed E-state index contributed by atoms with van der Waals surface area (Å²) in [7, 11) is 1.68. The third-order valence-corrected chi connectivity index (χ3v) is 5.76. The molecule has 1 aromatic carbocycles. The molecule has 0 aliphatic carbocycles. The second-order valence-corrected chi connectivity index (χ2v) is 8.48. The van der Waals surface area contributed by atoms with Crippen molar-refractivity contribution < 1.29 is 18.9 Å². The Hall–Kier alpha value is -2.03. The smallest absolute Gasteiger partial charge is 0.195 e. The van der Waals surface area contributed by atoms with Gasteiger partial charge in [-0.25, -0.2) is 0 Å². The second-order valence-electron chi connectivity index (χ2n) is 8.48. The van der Waals surface area contributed by atoms with Gasteiger partial charge in [0.2, 0.25) is 0 Å². The highest BCUT2D eigenvalue weighted by Crippen LogP contribution is 2.32. The molecule has 0 amide bonds. The number of fused-ring (bicyclic) bond motifs is 1. The molecule has 0 radical (unpaired) electrons. The van der Waals surface area contributed by atoms with Gasteiger partial charge in [0, 0.05) is 38.4 Å². The Morgan fingerprint density at radius 3 is 2.75 bits per heavy atom. The third-order valence-electron chi connectivity index (χ3n) is 5.76. The molecule has 1 fully saturated rings. The van der Waals surface area contributed by atoms with Gasteiger partial charge in [-0.3, -0.25) is 4.99 Å². The van der Waals surface area contributed by atoms with Crippen molar-refractivity contribution in [2.24, 2.45) is 10.9 Å². The van der Waals surface area contributed by atoms with Crippen molar-refractivity contribution in [1.82, 2.24) is 10.2 Å². The molecule has 8 heteroatoms. The Morgan fingerprint density at radius 1 is 1.12 bits per heavy atom. The van der Waals surface area contributed by atoms with Crippen LogP contribution >= 0.6 is 0 Å². The predicted molar refractivity (Wildman–Crippen MR) is 128 cm³/mol. The predicted octanol–water partition coefficient (Wildman–Crippen LogP) is 2.99. The van der Waals surface area contributed by atoms with Gasteiger partial charge in [-0.15, -0.1) is 0 Å². The van der Waals surface area contributed by atoms with Gasteiger partial charge in [-0.05, 0) is 56.9 Å². The molecule has 0 atom stereocenters. The van der Waals surface area contributed by atoms with Crippen molar-refractivity contribution in [2.45, 2.75) is 32.6 Å². The van der Waals surface area contributed by atoms with E-state index in [-0.39, 0.29) is 0 Å². The van der Waals surface area contributed by atoms with E-state index in [0.29, 0.717) is 39.6 Å². The van der Waals surface area contributed by atoms with Crippen molar-refractivity contribution in [3.63, 3.8) is 0 Å². The van der Waals surface area contributed by atoms with Gasteiger partial charge in [-0.2, -0.15) is 0 Å². The van der Waals surface area contributed by atoms with Crippen LogP contribution in [0.15, 0.2) is 23.2 Å². The molecule has 0 unspecified atom stereocenters. The highest BCUT2D eigenvalue weighted by atomic mass is 16.5. The van der Waals surface area contributed by atoms with Crippen LogP contribution in [0.2, 0.25) is 0 Å². The third kappa shape index (κ3) is 8.84. The number of aliphatic imine (C=N–C) groups is 1. The highest BCUT2D eigenvalue weighted by Gasteiger charge is 2.15. The van der Waals surface area contributed by atoms with Gasteiger partial charge >= 0.3 is 0 Å². The lowest BCUT2D eigenvalue weighted by Gasteiger charge is -2.29. The summed E-state index contributed by atoms with van der Waals surface area (Å²) in [6.45, 7) is 10.5. The molecule has 1 aromatic rings. The Balaban J connectivity index is 1.51. The lowest BCUT2D eigenvalue weighted by atomic mass is 9.99. The number of anilines is 1. The van der Waals surface area contributed by atoms with E-state index < -0.39 is 0 Å². The van der Waals surface area contributed by atoms with Crippen molar-refractivity contribution in [3.05, 3.63) is 18.2 Å². The number of nitrogens with one attached hydrogen (secondary N) is 2. The molecule has 180 valence electrons. The van der Waals surface area contributed by atoms with Crippen LogP contribution < -0.4 is 20.1 Å². The highest BCUT2D eigenvalue weighted by molar-refractivity contribution is 5.93. The van der Waals surface area contributed by atoms with Crippen LogP contribution in [0.1, 0.15) is 32.6 Å². The van der Waals surface area contributed by atoms with Crippen LogP contribution in [0.5, 0.6) is 11.5 Å². The summed E-state index contributed by atoms with van der Waals surface area (Å²) in [5.74, 6) is 3.18. The fourth-order valence-corrected chi connectivity index (χ4v) is 3.77. The number of nitrogens with zero attached hydrogens (tertiary/aromatic N) is 2. The van der Waals surface area contributed by atoms with E-state index in [9.17, 15) is 0 Å². The zero-order valence-electron chi connectivity index (χ0n) is 19.7. The van der Waals surface area contributed by atoms with Crippen LogP contribution in [-0.4, -0.2) is 83.7 Å². The molecule has 1 saturated heterocycles. The van der Waals surface area contributed by atoms with E-state index in [4.69, 9.17) is 23.9 Å². The molecular weight excluding hydrogens is 408 g/mol. The Morgan fingerprint density at radius 2 is 1.94 bits per heavy atom. The standard InChI is InChI=1S/C24H40N4O4/c1-20-7-12-28(13-8-20)11-3-9-25-24(26-10-16-30-18-17-29-2)27-21-5-6-22-23(19-21)32-15-4-14-31-22/h5-6,19-20H,3-4,7-18H2,1-2H3,(H2,25,26,27). The number of benzene rings is 1. The summed E-state index contributed by atoms with van der Waals surface area (Å²) in [5, 5.41) is 6.77. The Bertz CT molecular complexity index is 693. The van der Waals surface area contributed by atoms with Gasteiger partial charge in [0.25, 0.3) is 0 Å². The minimum atomic E-state index is 0.592. The number of guanidine groups is 1. The van der Waals surface area contributed by atoms with E-state index in [1.807, 2.05) is 18.2 Å². The molecule has 2 aliphatic heterocycles. The summed E-state index contributed by atoms with van der Waals surface area (Å²) in [5.41, 5.74) is 0.922. The maximum Gasteiger partial charge on any atom is 0.195 e. The van der Waals surface area contributed by atoms with E-state index in [2.05, 4.69) is 22.5 Å². The molecule has 2 N–H and O–H groups in total. The lowest BCUT2D eigenvalue weighted by molar-refractivity contribution is 0.0734. The summed E-state index contributed by atoms with van der Waals surface area (Å²) in [6.07, 6.45) is 4.56. The summed E-state index contributed by atoms with van der Waals surface area (Å²) in [4.78, 5) is 7.36. The zero-order valence-corrected chi connectivity index (χ0v) is 19.7. The largest absolute Gasteiger partial charge is 0.490 e. The number of rotatable bonds is 11. The summed E-state index contributed by atoms with van der Waals surface area (Å²) >= 11 is 0. The monoisotopic (exact) mass is 448 g/mol. The van der Waals surface area contributed by atoms with Crippen LogP contribution in [-0.2, 0) is 9.47 Å². The fourth-order valence-electron chi connectivity index (χ4n) is 3.77. The molecule has 0 bridgehead atoms. The Kier molecular flexibility index (Phi) is 10.9. The van der Waals surface area contributed by atoms with Crippen molar-refractivity contribution in [3.8, 4) is 11.5 Å². The van der Waals surface area contributed by atoms with E-state index in [0.717, 1.165) is 55.0 Å². The van der Waals surface area contributed by atoms with E-state index >= 15 is 0 Å². The maximum atomic E-state index is 5.82. The van der Waals surface area contributed by atoms with Gasteiger partial charge in [-0.1, -0.05) is 6.92 Å². The SMILES string of the molecule is COCCOCCNC(=NCCCN1CCC(C)CC1)Nc1ccc2c(c1)OCCCO2. The molecule has 2 aliphatic rings. The number of hydrogen-bond acceptors (Lipinski definition) is 6. The normalized spacial score (nSPS) is 17.8. The molecule has 0 aromatic heterocycles. The van der Waals surface area contributed by atoms with Gasteiger partial charge in [0.1, 0.15) is 0 Å². The number of methoxy groups -OCH3 is 1. The number of likely N-dealkylation sites (tertiary alicyclic amines) is 1. The van der Waals surface area contributed by atoms with E-state index in [1.54, 1.807) is 7.11 Å². The molecule has 3 rings (SSSR count). The first-order valence-corrected chi connectivity index (χ1v) is 12.0. The number of hydrogen-bond donors (Lipinski definition) is 2. The summed E-state index contributed by atoms with van der Waals surface area (Å²) in [6, 6.07) is 5.92.